The molecule has 7 nitrogen and oxygen atoms in total. The molecular formula is C28H30N2O5. The quantitative estimate of drug-likeness (QED) is 0.377. The van der Waals surface area contributed by atoms with E-state index in [0.29, 0.717) is 11.6 Å². The maximum Gasteiger partial charge on any atom is 0.316 e. The van der Waals surface area contributed by atoms with Gasteiger partial charge in [-0.1, -0.05) is 19.1 Å². The number of benzene rings is 2. The minimum Gasteiger partial charge on any atom is -0.426 e. The molecule has 7 heteroatoms. The third-order valence-electron chi connectivity index (χ3n) is 7.46. The van der Waals surface area contributed by atoms with Crippen molar-refractivity contribution in [2.75, 3.05) is 16.3 Å². The van der Waals surface area contributed by atoms with Gasteiger partial charge in [0.25, 0.3) is 0 Å². The summed E-state index contributed by atoms with van der Waals surface area (Å²) >= 11 is 0. The molecule has 35 heavy (non-hydrogen) atoms. The summed E-state index contributed by atoms with van der Waals surface area (Å²) in [5, 5.41) is 0. The predicted molar refractivity (Wildman–Crippen MR) is 131 cm³/mol. The van der Waals surface area contributed by atoms with Gasteiger partial charge in [0, 0.05) is 24.7 Å². The number of aryl methyl sites for hydroxylation is 2. The Morgan fingerprint density at radius 2 is 1.63 bits per heavy atom. The molecular weight excluding hydrogens is 444 g/mol. The molecule has 0 aromatic heterocycles. The van der Waals surface area contributed by atoms with E-state index in [-0.39, 0.29) is 48.3 Å². The zero-order valence-electron chi connectivity index (χ0n) is 20.3. The summed E-state index contributed by atoms with van der Waals surface area (Å²) in [7, 11) is 0. The molecule has 0 bridgehead atoms. The lowest BCUT2D eigenvalue weighted by atomic mass is 9.76. The van der Waals surface area contributed by atoms with E-state index in [2.05, 4.69) is 6.92 Å². The van der Waals surface area contributed by atoms with E-state index in [1.54, 1.807) is 29.2 Å². The number of esters is 1. The summed E-state index contributed by atoms with van der Waals surface area (Å²) in [4.78, 5) is 54.5. The van der Waals surface area contributed by atoms with Crippen molar-refractivity contribution in [3.8, 4) is 5.75 Å². The van der Waals surface area contributed by atoms with Gasteiger partial charge in [-0.25, -0.2) is 4.90 Å². The summed E-state index contributed by atoms with van der Waals surface area (Å²) in [6.45, 7) is 6.32. The monoisotopic (exact) mass is 474 g/mol. The molecule has 1 aliphatic carbocycles. The summed E-state index contributed by atoms with van der Waals surface area (Å²) in [6.07, 6.45) is 2.49. The number of nitrogens with zero attached hydrogens (tertiary/aromatic N) is 2. The van der Waals surface area contributed by atoms with Crippen LogP contribution in [0, 0.1) is 37.5 Å². The van der Waals surface area contributed by atoms with Crippen LogP contribution in [0.5, 0.6) is 5.75 Å². The van der Waals surface area contributed by atoms with Crippen molar-refractivity contribution in [2.45, 2.75) is 46.5 Å². The minimum atomic E-state index is -0.591. The van der Waals surface area contributed by atoms with Gasteiger partial charge in [0.05, 0.1) is 23.4 Å². The van der Waals surface area contributed by atoms with Crippen LogP contribution in [-0.2, 0) is 19.2 Å². The molecule has 3 fully saturated rings. The molecule has 182 valence electrons. The molecule has 0 N–H and O–H groups in total. The Bertz CT molecular complexity index is 1200. The van der Waals surface area contributed by atoms with Gasteiger partial charge in [-0.2, -0.15) is 0 Å². The molecule has 4 unspecified atom stereocenters. The lowest BCUT2D eigenvalue weighted by molar-refractivity contribution is -0.139. The van der Waals surface area contributed by atoms with Gasteiger partial charge in [-0.05, 0) is 74.4 Å². The molecule has 2 heterocycles. The highest BCUT2D eigenvalue weighted by Crippen LogP contribution is 2.42. The number of carbonyl (C=O) groups excluding carboxylic acids is 4. The molecule has 4 atom stereocenters. The van der Waals surface area contributed by atoms with E-state index in [1.807, 2.05) is 32.0 Å². The largest absolute Gasteiger partial charge is 0.426 e. The van der Waals surface area contributed by atoms with Crippen LogP contribution in [0.1, 0.15) is 43.7 Å². The SMILES string of the molecule is Cc1cc(C)cc(N2CC(C(=O)Oc3cccc(N4C(=O)C5CCC(C)CC5C4=O)c3)CC2=O)c1. The predicted octanol–water partition coefficient (Wildman–Crippen LogP) is 4.19. The first-order chi connectivity index (χ1) is 16.7. The molecule has 0 spiro atoms. The smallest absolute Gasteiger partial charge is 0.316 e. The van der Waals surface area contributed by atoms with Crippen molar-refractivity contribution in [1.82, 2.24) is 0 Å². The van der Waals surface area contributed by atoms with E-state index in [0.717, 1.165) is 36.1 Å². The first-order valence-corrected chi connectivity index (χ1v) is 12.3. The Labute approximate surface area is 205 Å². The lowest BCUT2D eigenvalue weighted by Gasteiger charge is -2.25. The Kier molecular flexibility index (Phi) is 5.95. The van der Waals surface area contributed by atoms with Crippen molar-refractivity contribution >= 4 is 35.1 Å². The molecule has 2 aromatic carbocycles. The van der Waals surface area contributed by atoms with Crippen LogP contribution in [0.4, 0.5) is 11.4 Å². The number of carbonyl (C=O) groups is 4. The number of imide groups is 1. The number of ether oxygens (including phenoxy) is 1. The average molecular weight is 475 g/mol. The van der Waals surface area contributed by atoms with Gasteiger partial charge >= 0.3 is 5.97 Å². The van der Waals surface area contributed by atoms with Crippen LogP contribution in [0.15, 0.2) is 42.5 Å². The second-order valence-corrected chi connectivity index (χ2v) is 10.3. The third kappa shape index (κ3) is 4.35. The summed E-state index contributed by atoms with van der Waals surface area (Å²) in [5.74, 6) is -1.37. The zero-order chi connectivity index (χ0) is 24.9. The number of anilines is 2. The molecule has 1 saturated carbocycles. The van der Waals surface area contributed by atoms with Gasteiger partial charge in [0.15, 0.2) is 0 Å². The lowest BCUT2D eigenvalue weighted by Crippen LogP contribution is -2.31. The highest BCUT2D eigenvalue weighted by atomic mass is 16.5. The second-order valence-electron chi connectivity index (χ2n) is 10.3. The van der Waals surface area contributed by atoms with Crippen molar-refractivity contribution in [1.29, 1.82) is 0 Å². The second kappa shape index (κ2) is 8.95. The molecule has 2 aromatic rings. The van der Waals surface area contributed by atoms with Crippen molar-refractivity contribution in [3.63, 3.8) is 0 Å². The number of fused-ring (bicyclic) bond motifs is 1. The molecule has 0 radical (unpaired) electrons. The Hall–Kier alpha value is -3.48. The number of rotatable bonds is 4. The van der Waals surface area contributed by atoms with Gasteiger partial charge in [-0.15, -0.1) is 0 Å². The molecule has 2 aliphatic heterocycles. The normalized spacial score (nSPS) is 26.3. The topological polar surface area (TPSA) is 84.0 Å². The van der Waals surface area contributed by atoms with E-state index >= 15 is 0 Å². The number of amides is 3. The molecule has 5 rings (SSSR count). The summed E-state index contributed by atoms with van der Waals surface area (Å²) in [6, 6.07) is 12.5. The fraction of sp³-hybridized carbons (Fsp3) is 0.429. The summed E-state index contributed by atoms with van der Waals surface area (Å²) in [5.41, 5.74) is 3.31. The maximum atomic E-state index is 13.0. The Morgan fingerprint density at radius 3 is 2.37 bits per heavy atom. The molecule has 2 saturated heterocycles. The van der Waals surface area contributed by atoms with Crippen molar-refractivity contribution < 1.29 is 23.9 Å². The fourth-order valence-electron chi connectivity index (χ4n) is 5.75. The van der Waals surface area contributed by atoms with E-state index < -0.39 is 11.9 Å². The van der Waals surface area contributed by atoms with Crippen LogP contribution in [0.3, 0.4) is 0 Å². The van der Waals surface area contributed by atoms with Crippen molar-refractivity contribution in [3.05, 3.63) is 53.6 Å². The number of hydrogen-bond donors (Lipinski definition) is 0. The fourth-order valence-corrected chi connectivity index (χ4v) is 5.75. The molecule has 3 aliphatic rings. The van der Waals surface area contributed by atoms with Gasteiger partial charge < -0.3 is 9.64 Å². The first kappa shape index (κ1) is 23.3. The maximum absolute atomic E-state index is 13.0. The highest BCUT2D eigenvalue weighted by Gasteiger charge is 2.50. The van der Waals surface area contributed by atoms with Crippen LogP contribution < -0.4 is 14.5 Å². The standard InChI is InChI=1S/C28H30N2O5/c1-16-7-8-23-24(12-16)27(33)30(26(23)32)20-5-4-6-22(14-20)35-28(34)19-13-25(31)29(15-19)21-10-17(2)9-18(3)11-21/h4-6,9-11,14,16,19,23-24H,7-8,12-13,15H2,1-3H3. The van der Waals surface area contributed by atoms with E-state index in [4.69, 9.17) is 4.74 Å². The first-order valence-electron chi connectivity index (χ1n) is 12.3. The van der Waals surface area contributed by atoms with Gasteiger partial charge in [-0.3, -0.25) is 19.2 Å². The van der Waals surface area contributed by atoms with Gasteiger partial charge in [0.2, 0.25) is 17.7 Å². The third-order valence-corrected chi connectivity index (χ3v) is 7.46. The zero-order valence-corrected chi connectivity index (χ0v) is 20.3. The minimum absolute atomic E-state index is 0.0795. The number of hydrogen-bond acceptors (Lipinski definition) is 5. The van der Waals surface area contributed by atoms with Crippen LogP contribution in [0.2, 0.25) is 0 Å². The Balaban J connectivity index is 1.29. The van der Waals surface area contributed by atoms with E-state index in [1.165, 1.54) is 4.90 Å². The van der Waals surface area contributed by atoms with Crippen LogP contribution in [0.25, 0.3) is 0 Å². The average Bonchev–Trinajstić information content (AvgIpc) is 3.31. The van der Waals surface area contributed by atoms with Crippen LogP contribution in [-0.4, -0.2) is 30.2 Å². The van der Waals surface area contributed by atoms with E-state index in [9.17, 15) is 19.2 Å². The van der Waals surface area contributed by atoms with Crippen molar-refractivity contribution in [2.24, 2.45) is 23.7 Å². The summed E-state index contributed by atoms with van der Waals surface area (Å²) < 4.78 is 5.62. The highest BCUT2D eigenvalue weighted by molar-refractivity contribution is 6.22. The Morgan fingerprint density at radius 1 is 0.914 bits per heavy atom. The van der Waals surface area contributed by atoms with Gasteiger partial charge in [0.1, 0.15) is 5.75 Å². The van der Waals surface area contributed by atoms with Crippen LogP contribution >= 0.6 is 0 Å². The molecule has 3 amide bonds.